The van der Waals surface area contributed by atoms with Crippen LogP contribution in [0.5, 0.6) is 0 Å². The van der Waals surface area contributed by atoms with Crippen LogP contribution >= 0.6 is 0 Å². The van der Waals surface area contributed by atoms with E-state index in [4.69, 9.17) is 0 Å². The minimum absolute atomic E-state index is 0.0208. The lowest BCUT2D eigenvalue weighted by molar-refractivity contribution is -0.139. The fraction of sp³-hybridized carbons (Fsp3) is 0.375. The van der Waals surface area contributed by atoms with Crippen LogP contribution in [0.15, 0.2) is 83.8 Å². The highest BCUT2D eigenvalue weighted by Gasteiger charge is 2.33. The summed E-state index contributed by atoms with van der Waals surface area (Å²) >= 11 is 0. The average Bonchev–Trinajstić information content (AvgIpc) is 3.00. The number of benzene rings is 3. The van der Waals surface area contributed by atoms with Crippen LogP contribution in [0.1, 0.15) is 57.1 Å². The highest BCUT2D eigenvalue weighted by molar-refractivity contribution is 7.92. The molecule has 3 aromatic rings. The molecule has 3 aromatic carbocycles. The van der Waals surface area contributed by atoms with Crippen LogP contribution in [0, 0.1) is 5.82 Å². The predicted molar refractivity (Wildman–Crippen MR) is 158 cm³/mol. The SMILES string of the molecule is CCc1ccccc1N(CC(=O)N(Cc1ccc(F)cc1)[C@@H](C)C(=O)NC1CCCCC1)S(=O)(=O)c1ccccc1. The van der Waals surface area contributed by atoms with Crippen molar-refractivity contribution in [2.75, 3.05) is 10.8 Å². The van der Waals surface area contributed by atoms with Crippen molar-refractivity contribution in [3.05, 3.63) is 95.8 Å². The molecule has 0 aromatic heterocycles. The lowest BCUT2D eigenvalue weighted by Gasteiger charge is -2.33. The molecular weight excluding hydrogens is 541 g/mol. The van der Waals surface area contributed by atoms with Gasteiger partial charge in [0.25, 0.3) is 10.0 Å². The number of halogens is 1. The summed E-state index contributed by atoms with van der Waals surface area (Å²) < 4.78 is 42.7. The third-order valence-electron chi connectivity index (χ3n) is 7.64. The molecule has 0 spiro atoms. The Morgan fingerprint density at radius 3 is 2.22 bits per heavy atom. The molecule has 1 aliphatic rings. The predicted octanol–water partition coefficient (Wildman–Crippen LogP) is 5.45. The van der Waals surface area contributed by atoms with Gasteiger partial charge in [-0.2, -0.15) is 0 Å². The summed E-state index contributed by atoms with van der Waals surface area (Å²) in [6.07, 6.45) is 5.57. The van der Waals surface area contributed by atoms with Gasteiger partial charge in [0, 0.05) is 12.6 Å². The zero-order valence-corrected chi connectivity index (χ0v) is 24.4. The van der Waals surface area contributed by atoms with Crippen LogP contribution in [0.4, 0.5) is 10.1 Å². The summed E-state index contributed by atoms with van der Waals surface area (Å²) in [6, 6.07) is 20.0. The van der Waals surface area contributed by atoms with E-state index in [-0.39, 0.29) is 23.4 Å². The Bertz CT molecular complexity index is 1420. The van der Waals surface area contributed by atoms with Crippen molar-refractivity contribution in [2.45, 2.75) is 75.9 Å². The van der Waals surface area contributed by atoms with Gasteiger partial charge in [0.05, 0.1) is 10.6 Å². The van der Waals surface area contributed by atoms with Crippen molar-refractivity contribution < 1.29 is 22.4 Å². The molecule has 0 aliphatic heterocycles. The Morgan fingerprint density at radius 1 is 0.927 bits per heavy atom. The van der Waals surface area contributed by atoms with Crippen molar-refractivity contribution in [1.82, 2.24) is 10.2 Å². The van der Waals surface area contributed by atoms with Gasteiger partial charge in [0.1, 0.15) is 18.4 Å². The standard InChI is InChI=1S/C32H38FN3O4S/c1-3-26-12-10-11-17-30(26)36(41(39,40)29-15-8-5-9-16-29)23-31(37)35(22-25-18-20-27(33)21-19-25)24(2)32(38)34-28-13-6-4-7-14-28/h5,8-12,15-21,24,28H,3-4,6-7,13-14,22-23H2,1-2H3,(H,34,38)/t24-/m0/s1. The van der Waals surface area contributed by atoms with Crippen molar-refractivity contribution in [1.29, 1.82) is 0 Å². The molecule has 1 fully saturated rings. The Morgan fingerprint density at radius 2 is 1.56 bits per heavy atom. The molecule has 7 nitrogen and oxygen atoms in total. The third kappa shape index (κ3) is 7.52. The maximum atomic E-state index is 14.1. The van der Waals surface area contributed by atoms with Crippen LogP contribution in [-0.4, -0.2) is 43.8 Å². The minimum Gasteiger partial charge on any atom is -0.352 e. The van der Waals surface area contributed by atoms with E-state index in [0.29, 0.717) is 17.7 Å². The Labute approximate surface area is 242 Å². The van der Waals surface area contributed by atoms with E-state index >= 15 is 0 Å². The number of hydrogen-bond acceptors (Lipinski definition) is 4. The molecule has 0 heterocycles. The molecule has 0 unspecified atom stereocenters. The van der Waals surface area contributed by atoms with E-state index < -0.39 is 34.3 Å². The lowest BCUT2D eigenvalue weighted by Crippen LogP contribution is -2.53. The number of para-hydroxylation sites is 1. The Hall–Kier alpha value is -3.72. The van der Waals surface area contributed by atoms with Crippen molar-refractivity contribution >= 4 is 27.5 Å². The Kier molecular flexibility index (Phi) is 10.2. The largest absolute Gasteiger partial charge is 0.352 e. The lowest BCUT2D eigenvalue weighted by atomic mass is 9.95. The normalized spacial score (nSPS) is 14.7. The number of aryl methyl sites for hydroxylation is 1. The molecule has 4 rings (SSSR count). The fourth-order valence-corrected chi connectivity index (χ4v) is 6.70. The van der Waals surface area contributed by atoms with Crippen LogP contribution in [0.3, 0.4) is 0 Å². The van der Waals surface area contributed by atoms with Crippen molar-refractivity contribution in [3.63, 3.8) is 0 Å². The van der Waals surface area contributed by atoms with Gasteiger partial charge in [-0.1, -0.05) is 74.7 Å². The summed E-state index contributed by atoms with van der Waals surface area (Å²) in [6.45, 7) is 3.09. The van der Waals surface area contributed by atoms with Crippen LogP contribution in [0.25, 0.3) is 0 Å². The molecule has 218 valence electrons. The number of nitrogens with one attached hydrogen (secondary N) is 1. The van der Waals surface area contributed by atoms with Gasteiger partial charge < -0.3 is 10.2 Å². The number of anilines is 1. The van der Waals surface area contributed by atoms with E-state index in [1.807, 2.05) is 19.1 Å². The van der Waals surface area contributed by atoms with E-state index in [0.717, 1.165) is 42.0 Å². The van der Waals surface area contributed by atoms with Gasteiger partial charge in [-0.3, -0.25) is 13.9 Å². The van der Waals surface area contributed by atoms with Crippen LogP contribution in [-0.2, 0) is 32.6 Å². The molecular formula is C32H38FN3O4S. The van der Waals surface area contributed by atoms with Gasteiger partial charge in [0.15, 0.2) is 0 Å². The Balaban J connectivity index is 1.69. The average molecular weight is 580 g/mol. The van der Waals surface area contributed by atoms with Crippen LogP contribution < -0.4 is 9.62 Å². The smallest absolute Gasteiger partial charge is 0.264 e. The summed E-state index contributed by atoms with van der Waals surface area (Å²) in [5.41, 5.74) is 1.81. The maximum absolute atomic E-state index is 14.1. The quantitative estimate of drug-likeness (QED) is 0.327. The van der Waals surface area contributed by atoms with E-state index in [2.05, 4.69) is 5.32 Å². The second-order valence-electron chi connectivity index (χ2n) is 10.5. The monoisotopic (exact) mass is 579 g/mol. The van der Waals surface area contributed by atoms with E-state index in [1.165, 1.54) is 29.2 Å². The number of sulfonamides is 1. The van der Waals surface area contributed by atoms with Gasteiger partial charge in [-0.05, 0) is 67.6 Å². The highest BCUT2D eigenvalue weighted by Crippen LogP contribution is 2.28. The molecule has 0 saturated heterocycles. The fourth-order valence-electron chi connectivity index (χ4n) is 5.22. The maximum Gasteiger partial charge on any atom is 0.264 e. The summed E-state index contributed by atoms with van der Waals surface area (Å²) in [5, 5.41) is 3.08. The summed E-state index contributed by atoms with van der Waals surface area (Å²) in [5.74, 6) is -1.24. The zero-order chi connectivity index (χ0) is 29.4. The first kappa shape index (κ1) is 30.2. The first-order valence-electron chi connectivity index (χ1n) is 14.2. The number of amides is 2. The molecule has 2 amide bonds. The van der Waals surface area contributed by atoms with Gasteiger partial charge in [-0.25, -0.2) is 12.8 Å². The zero-order valence-electron chi connectivity index (χ0n) is 23.6. The summed E-state index contributed by atoms with van der Waals surface area (Å²) in [7, 11) is -4.13. The van der Waals surface area contributed by atoms with Gasteiger partial charge in [0.2, 0.25) is 11.8 Å². The van der Waals surface area contributed by atoms with Gasteiger partial charge in [-0.15, -0.1) is 0 Å². The summed E-state index contributed by atoms with van der Waals surface area (Å²) in [4.78, 5) is 28.9. The van der Waals surface area contributed by atoms with E-state index in [9.17, 15) is 22.4 Å². The van der Waals surface area contributed by atoms with E-state index in [1.54, 1.807) is 49.4 Å². The minimum atomic E-state index is -4.13. The van der Waals surface area contributed by atoms with Crippen LogP contribution in [0.2, 0.25) is 0 Å². The molecule has 1 aliphatic carbocycles. The second kappa shape index (κ2) is 13.8. The molecule has 1 N–H and O–H groups in total. The number of carbonyl (C=O) groups is 2. The number of rotatable bonds is 11. The molecule has 0 bridgehead atoms. The molecule has 41 heavy (non-hydrogen) atoms. The molecule has 9 heteroatoms. The third-order valence-corrected chi connectivity index (χ3v) is 9.41. The second-order valence-corrected chi connectivity index (χ2v) is 12.3. The molecule has 1 atom stereocenters. The number of carbonyl (C=O) groups excluding carboxylic acids is 2. The number of hydrogen-bond donors (Lipinski definition) is 1. The number of nitrogens with zero attached hydrogens (tertiary/aromatic N) is 2. The molecule has 0 radical (unpaired) electrons. The topological polar surface area (TPSA) is 86.8 Å². The first-order chi connectivity index (χ1) is 19.7. The van der Waals surface area contributed by atoms with Crippen molar-refractivity contribution in [3.8, 4) is 0 Å². The first-order valence-corrected chi connectivity index (χ1v) is 15.6. The van der Waals surface area contributed by atoms with Crippen molar-refractivity contribution in [2.24, 2.45) is 0 Å². The van der Waals surface area contributed by atoms with Gasteiger partial charge >= 0.3 is 0 Å². The highest BCUT2D eigenvalue weighted by atomic mass is 32.2. The molecule has 1 saturated carbocycles.